The number of aryl methyl sites for hydroxylation is 1. The molecule has 0 amide bonds. The van der Waals surface area contributed by atoms with Crippen molar-refractivity contribution in [3.05, 3.63) is 21.9 Å². The maximum atomic E-state index is 11.0. The van der Waals surface area contributed by atoms with Gasteiger partial charge in [0.15, 0.2) is 0 Å². The fourth-order valence-corrected chi connectivity index (χ4v) is 1.86. The molecule has 13 heavy (non-hydrogen) atoms. The molecule has 1 heterocycles. The molecule has 1 N–H and O–H groups in total. The molecule has 1 aromatic rings. The highest BCUT2D eigenvalue weighted by Gasteiger charge is 2.07. The maximum absolute atomic E-state index is 11.0. The van der Waals surface area contributed by atoms with Crippen molar-refractivity contribution in [1.29, 1.82) is 0 Å². The number of carbonyl (C=O) groups excluding carboxylic acids is 1. The summed E-state index contributed by atoms with van der Waals surface area (Å²) in [6.45, 7) is 0.184. The van der Waals surface area contributed by atoms with Crippen LogP contribution in [0.25, 0.3) is 0 Å². The SMILES string of the molecule is COC(=O)c1cc(CCCO)cs1. The van der Waals surface area contributed by atoms with Crippen molar-refractivity contribution < 1.29 is 14.6 Å². The van der Waals surface area contributed by atoms with E-state index < -0.39 is 0 Å². The summed E-state index contributed by atoms with van der Waals surface area (Å²) in [5.41, 5.74) is 1.08. The van der Waals surface area contributed by atoms with Crippen molar-refractivity contribution in [2.75, 3.05) is 13.7 Å². The minimum atomic E-state index is -0.291. The predicted molar refractivity (Wildman–Crippen MR) is 51.1 cm³/mol. The van der Waals surface area contributed by atoms with E-state index in [-0.39, 0.29) is 12.6 Å². The third kappa shape index (κ3) is 2.82. The quantitative estimate of drug-likeness (QED) is 0.748. The number of hydrogen-bond acceptors (Lipinski definition) is 4. The average Bonchev–Trinajstić information content (AvgIpc) is 2.62. The van der Waals surface area contributed by atoms with E-state index in [9.17, 15) is 4.79 Å². The van der Waals surface area contributed by atoms with Crippen molar-refractivity contribution in [3.63, 3.8) is 0 Å². The van der Waals surface area contributed by atoms with Gasteiger partial charge in [0.05, 0.1) is 7.11 Å². The van der Waals surface area contributed by atoms with Crippen LogP contribution in [-0.2, 0) is 11.2 Å². The first-order chi connectivity index (χ1) is 6.27. The van der Waals surface area contributed by atoms with Crippen LogP contribution >= 0.6 is 11.3 Å². The van der Waals surface area contributed by atoms with Crippen LogP contribution < -0.4 is 0 Å². The van der Waals surface area contributed by atoms with E-state index >= 15 is 0 Å². The van der Waals surface area contributed by atoms with E-state index in [1.165, 1.54) is 18.4 Å². The zero-order valence-electron chi connectivity index (χ0n) is 7.45. The van der Waals surface area contributed by atoms with Gasteiger partial charge in [0.1, 0.15) is 4.88 Å². The number of aliphatic hydroxyl groups excluding tert-OH is 1. The van der Waals surface area contributed by atoms with Gasteiger partial charge in [-0.15, -0.1) is 11.3 Å². The fourth-order valence-electron chi connectivity index (χ4n) is 0.998. The second kappa shape index (κ2) is 4.99. The highest BCUT2D eigenvalue weighted by atomic mass is 32.1. The van der Waals surface area contributed by atoms with E-state index in [0.29, 0.717) is 4.88 Å². The highest BCUT2D eigenvalue weighted by molar-refractivity contribution is 7.12. The molecule has 0 spiro atoms. The number of methoxy groups -OCH3 is 1. The number of rotatable bonds is 4. The molecule has 0 unspecified atom stereocenters. The summed E-state index contributed by atoms with van der Waals surface area (Å²) in [6, 6.07) is 1.81. The topological polar surface area (TPSA) is 46.5 Å². The molecule has 1 rings (SSSR count). The van der Waals surface area contributed by atoms with Crippen LogP contribution in [0, 0.1) is 0 Å². The fraction of sp³-hybridized carbons (Fsp3) is 0.444. The van der Waals surface area contributed by atoms with Gasteiger partial charge in [0, 0.05) is 6.61 Å². The van der Waals surface area contributed by atoms with Gasteiger partial charge >= 0.3 is 5.97 Å². The number of thiophene rings is 1. The maximum Gasteiger partial charge on any atom is 0.348 e. The zero-order valence-corrected chi connectivity index (χ0v) is 8.26. The Hall–Kier alpha value is -0.870. The predicted octanol–water partition coefficient (Wildman–Crippen LogP) is 1.46. The van der Waals surface area contributed by atoms with E-state index in [0.717, 1.165) is 18.4 Å². The van der Waals surface area contributed by atoms with E-state index in [1.54, 1.807) is 0 Å². The monoisotopic (exact) mass is 200 g/mol. The molecule has 4 heteroatoms. The van der Waals surface area contributed by atoms with Crippen molar-refractivity contribution in [2.24, 2.45) is 0 Å². The Bertz CT molecular complexity index is 280. The molecular formula is C9H12O3S. The molecule has 0 fully saturated rings. The van der Waals surface area contributed by atoms with Gasteiger partial charge in [-0.2, -0.15) is 0 Å². The number of ether oxygens (including phenoxy) is 1. The summed E-state index contributed by atoms with van der Waals surface area (Å²) in [7, 11) is 1.37. The first-order valence-corrected chi connectivity index (χ1v) is 4.92. The summed E-state index contributed by atoms with van der Waals surface area (Å²) < 4.78 is 4.58. The van der Waals surface area contributed by atoms with Gasteiger partial charge < -0.3 is 9.84 Å². The van der Waals surface area contributed by atoms with Gasteiger partial charge in [0.2, 0.25) is 0 Å². The molecule has 0 atom stereocenters. The molecule has 0 bridgehead atoms. The lowest BCUT2D eigenvalue weighted by molar-refractivity contribution is 0.0606. The lowest BCUT2D eigenvalue weighted by Gasteiger charge is -1.93. The molecule has 0 aliphatic heterocycles. The average molecular weight is 200 g/mol. The smallest absolute Gasteiger partial charge is 0.348 e. The molecular weight excluding hydrogens is 188 g/mol. The Morgan fingerprint density at radius 1 is 1.69 bits per heavy atom. The first-order valence-electron chi connectivity index (χ1n) is 4.04. The molecule has 0 aliphatic rings. The van der Waals surface area contributed by atoms with Crippen LogP contribution in [0.1, 0.15) is 21.7 Å². The lowest BCUT2D eigenvalue weighted by atomic mass is 10.2. The van der Waals surface area contributed by atoms with Crippen LogP contribution in [-0.4, -0.2) is 24.8 Å². The van der Waals surface area contributed by atoms with Gasteiger partial charge in [-0.25, -0.2) is 4.79 Å². The summed E-state index contributed by atoms with van der Waals surface area (Å²) >= 11 is 1.38. The highest BCUT2D eigenvalue weighted by Crippen LogP contribution is 2.16. The Balaban J connectivity index is 2.58. The van der Waals surface area contributed by atoms with Crippen molar-refractivity contribution in [2.45, 2.75) is 12.8 Å². The van der Waals surface area contributed by atoms with E-state index in [4.69, 9.17) is 5.11 Å². The minimum Gasteiger partial charge on any atom is -0.465 e. The Kier molecular flexibility index (Phi) is 3.92. The molecule has 0 aliphatic carbocycles. The third-order valence-electron chi connectivity index (χ3n) is 1.66. The molecule has 0 radical (unpaired) electrons. The Morgan fingerprint density at radius 3 is 3.08 bits per heavy atom. The van der Waals surface area contributed by atoms with E-state index in [2.05, 4.69) is 4.74 Å². The number of carbonyl (C=O) groups is 1. The van der Waals surface area contributed by atoms with Crippen molar-refractivity contribution >= 4 is 17.3 Å². The normalized spacial score (nSPS) is 10.0. The summed E-state index contributed by atoms with van der Waals surface area (Å²) in [5, 5.41) is 10.5. The van der Waals surface area contributed by atoms with Crippen molar-refractivity contribution in [3.8, 4) is 0 Å². The van der Waals surface area contributed by atoms with Crippen LogP contribution in [0.4, 0.5) is 0 Å². The zero-order chi connectivity index (χ0) is 9.68. The number of esters is 1. The van der Waals surface area contributed by atoms with Crippen LogP contribution in [0.3, 0.4) is 0 Å². The first kappa shape index (κ1) is 10.2. The number of hydrogen-bond donors (Lipinski definition) is 1. The summed E-state index contributed by atoms with van der Waals surface area (Å²) in [6.07, 6.45) is 1.54. The standard InChI is InChI=1S/C9H12O3S/c1-12-9(11)8-5-7(6-13-8)3-2-4-10/h5-6,10H,2-4H2,1H3. The molecule has 72 valence electrons. The molecule has 0 aromatic carbocycles. The third-order valence-corrected chi connectivity index (χ3v) is 2.62. The van der Waals surface area contributed by atoms with E-state index in [1.807, 2.05) is 11.4 Å². The summed E-state index contributed by atoms with van der Waals surface area (Å²) in [5.74, 6) is -0.291. The Morgan fingerprint density at radius 2 is 2.46 bits per heavy atom. The molecule has 0 saturated heterocycles. The van der Waals surface area contributed by atoms with Crippen LogP contribution in [0.2, 0.25) is 0 Å². The molecule has 3 nitrogen and oxygen atoms in total. The second-order valence-electron chi connectivity index (χ2n) is 2.64. The largest absolute Gasteiger partial charge is 0.465 e. The van der Waals surface area contributed by atoms with Crippen molar-refractivity contribution in [1.82, 2.24) is 0 Å². The molecule has 0 saturated carbocycles. The minimum absolute atomic E-state index is 0.184. The van der Waals surface area contributed by atoms with Gasteiger partial charge in [-0.05, 0) is 29.9 Å². The summed E-state index contributed by atoms with van der Waals surface area (Å²) in [4.78, 5) is 11.7. The van der Waals surface area contributed by atoms with Crippen LogP contribution in [0.15, 0.2) is 11.4 Å². The second-order valence-corrected chi connectivity index (χ2v) is 3.55. The number of aliphatic hydroxyl groups is 1. The lowest BCUT2D eigenvalue weighted by Crippen LogP contribution is -1.97. The van der Waals surface area contributed by atoms with Gasteiger partial charge in [-0.3, -0.25) is 0 Å². The Labute approximate surface area is 81.0 Å². The van der Waals surface area contributed by atoms with Gasteiger partial charge in [0.25, 0.3) is 0 Å². The van der Waals surface area contributed by atoms with Crippen LogP contribution in [0.5, 0.6) is 0 Å². The molecule has 1 aromatic heterocycles. The van der Waals surface area contributed by atoms with Gasteiger partial charge in [-0.1, -0.05) is 0 Å².